The molecular weight excluding hydrogens is 422 g/mol. The van der Waals surface area contributed by atoms with E-state index in [-0.39, 0.29) is 35.3 Å². The van der Waals surface area contributed by atoms with E-state index in [1.54, 1.807) is 11.8 Å². The van der Waals surface area contributed by atoms with Crippen molar-refractivity contribution >= 4 is 28.9 Å². The lowest BCUT2D eigenvalue weighted by atomic mass is 9.90. The first-order valence-electron chi connectivity index (χ1n) is 12.0. The first kappa shape index (κ1) is 21.8. The van der Waals surface area contributed by atoms with Crippen LogP contribution < -0.4 is 5.32 Å². The number of likely N-dealkylation sites (tertiary alicyclic amines) is 2. The highest BCUT2D eigenvalue weighted by atomic mass is 16.6. The second-order valence-electron chi connectivity index (χ2n) is 9.53. The third kappa shape index (κ3) is 4.30. The van der Waals surface area contributed by atoms with Gasteiger partial charge >= 0.3 is 6.09 Å². The molecule has 0 unspecified atom stereocenters. The van der Waals surface area contributed by atoms with Crippen LogP contribution in [0.3, 0.4) is 0 Å². The van der Waals surface area contributed by atoms with Crippen LogP contribution in [0.4, 0.5) is 4.79 Å². The third-order valence-corrected chi connectivity index (χ3v) is 7.56. The average Bonchev–Trinajstić information content (AvgIpc) is 3.35. The van der Waals surface area contributed by atoms with Crippen LogP contribution in [-0.2, 0) is 9.53 Å². The van der Waals surface area contributed by atoms with Crippen molar-refractivity contribution < 1.29 is 23.5 Å². The van der Waals surface area contributed by atoms with Gasteiger partial charge in [-0.05, 0) is 56.6 Å². The van der Waals surface area contributed by atoms with Crippen LogP contribution in [-0.4, -0.2) is 66.5 Å². The summed E-state index contributed by atoms with van der Waals surface area (Å²) in [6.07, 6.45) is 3.82. The molecule has 1 aromatic heterocycles. The number of piperidine rings is 2. The maximum Gasteiger partial charge on any atom is 0.409 e. The summed E-state index contributed by atoms with van der Waals surface area (Å²) < 4.78 is 10.8. The summed E-state index contributed by atoms with van der Waals surface area (Å²) in [5.74, 6) is 0.466. The van der Waals surface area contributed by atoms with Crippen molar-refractivity contribution in [1.82, 2.24) is 15.1 Å². The van der Waals surface area contributed by atoms with Gasteiger partial charge in [-0.2, -0.15) is 0 Å². The second kappa shape index (κ2) is 8.72. The predicted octanol–water partition coefficient (Wildman–Crippen LogP) is 3.41. The highest BCUT2D eigenvalue weighted by molar-refractivity contribution is 5.96. The van der Waals surface area contributed by atoms with Crippen LogP contribution in [0.2, 0.25) is 0 Å². The fourth-order valence-electron chi connectivity index (χ4n) is 5.39. The summed E-state index contributed by atoms with van der Waals surface area (Å²) in [4.78, 5) is 41.2. The van der Waals surface area contributed by atoms with Crippen LogP contribution in [0.15, 0.2) is 34.7 Å². The van der Waals surface area contributed by atoms with Crippen LogP contribution in [0.1, 0.15) is 49.6 Å². The second-order valence-corrected chi connectivity index (χ2v) is 9.53. The van der Waals surface area contributed by atoms with Gasteiger partial charge < -0.3 is 24.3 Å². The van der Waals surface area contributed by atoms with Gasteiger partial charge in [-0.3, -0.25) is 9.59 Å². The number of amides is 3. The lowest BCUT2D eigenvalue weighted by Crippen LogP contribution is -2.47. The van der Waals surface area contributed by atoms with Crippen LogP contribution in [0.5, 0.6) is 0 Å². The first-order valence-corrected chi connectivity index (χ1v) is 12.0. The quantitative estimate of drug-likeness (QED) is 0.766. The highest BCUT2D eigenvalue weighted by Crippen LogP contribution is 2.59. The number of nitrogens with one attached hydrogen (secondary N) is 1. The Balaban J connectivity index is 1.10. The number of para-hydroxylation sites is 1. The van der Waals surface area contributed by atoms with Gasteiger partial charge in [0.2, 0.25) is 5.91 Å². The fraction of sp³-hybridized carbons (Fsp3) is 0.560. The number of fused-ring (bicyclic) bond motifs is 1. The van der Waals surface area contributed by atoms with Gasteiger partial charge in [-0.15, -0.1) is 0 Å². The molecule has 1 saturated carbocycles. The van der Waals surface area contributed by atoms with Gasteiger partial charge in [0.1, 0.15) is 5.58 Å². The summed E-state index contributed by atoms with van der Waals surface area (Å²) in [5, 5.41) is 4.14. The first-order chi connectivity index (χ1) is 16.0. The predicted molar refractivity (Wildman–Crippen MR) is 122 cm³/mol. The van der Waals surface area contributed by atoms with Crippen LogP contribution >= 0.6 is 0 Å². The van der Waals surface area contributed by atoms with Crippen molar-refractivity contribution in [3.63, 3.8) is 0 Å². The molecule has 1 spiro atoms. The lowest BCUT2D eigenvalue weighted by molar-refractivity contribution is -0.124. The van der Waals surface area contributed by atoms with Gasteiger partial charge in [-0.25, -0.2) is 4.79 Å². The molecule has 1 atom stereocenters. The molecule has 8 heteroatoms. The highest BCUT2D eigenvalue weighted by Gasteiger charge is 2.59. The Morgan fingerprint density at radius 2 is 1.82 bits per heavy atom. The van der Waals surface area contributed by atoms with E-state index >= 15 is 0 Å². The Morgan fingerprint density at radius 3 is 2.52 bits per heavy atom. The number of hydrogen-bond donors (Lipinski definition) is 1. The number of hydrogen-bond acceptors (Lipinski definition) is 5. The Labute approximate surface area is 193 Å². The number of rotatable bonds is 4. The Morgan fingerprint density at radius 1 is 1.09 bits per heavy atom. The average molecular weight is 454 g/mol. The summed E-state index contributed by atoms with van der Waals surface area (Å²) in [5.41, 5.74) is 0.752. The minimum atomic E-state index is -0.271. The van der Waals surface area contributed by atoms with E-state index in [9.17, 15) is 14.4 Å². The smallest absolute Gasteiger partial charge is 0.409 e. The minimum absolute atomic E-state index is 0.0281. The van der Waals surface area contributed by atoms with E-state index in [2.05, 4.69) is 5.32 Å². The Bertz CT molecular complexity index is 1010. The lowest BCUT2D eigenvalue weighted by Gasteiger charge is -2.33. The number of ether oxygens (including phenoxy) is 1. The molecular formula is C25H31N3O5. The molecule has 0 radical (unpaired) electrons. The normalized spacial score (nSPS) is 22.4. The molecule has 3 aliphatic rings. The molecule has 1 aliphatic carbocycles. The zero-order chi connectivity index (χ0) is 23.0. The minimum Gasteiger partial charge on any atom is -0.451 e. The number of carbonyl (C=O) groups excluding carboxylic acids is 3. The molecule has 1 aromatic carbocycles. The van der Waals surface area contributed by atoms with Crippen molar-refractivity contribution in [1.29, 1.82) is 0 Å². The third-order valence-electron chi connectivity index (χ3n) is 7.56. The molecule has 3 amide bonds. The van der Waals surface area contributed by atoms with Gasteiger partial charge in [0, 0.05) is 43.5 Å². The van der Waals surface area contributed by atoms with Crippen molar-refractivity contribution in [3.05, 3.63) is 36.1 Å². The Hall–Kier alpha value is -3.03. The zero-order valence-electron chi connectivity index (χ0n) is 19.0. The van der Waals surface area contributed by atoms with E-state index in [1.165, 1.54) is 0 Å². The monoisotopic (exact) mass is 453 g/mol. The molecule has 2 aromatic rings. The molecule has 1 N–H and O–H groups in total. The number of furan rings is 1. The summed E-state index contributed by atoms with van der Waals surface area (Å²) in [6, 6.07) is 9.55. The summed E-state index contributed by atoms with van der Waals surface area (Å²) >= 11 is 0. The zero-order valence-corrected chi connectivity index (χ0v) is 19.0. The molecule has 8 nitrogen and oxygen atoms in total. The van der Waals surface area contributed by atoms with Gasteiger partial charge in [0.15, 0.2) is 5.76 Å². The van der Waals surface area contributed by atoms with Gasteiger partial charge in [0.05, 0.1) is 6.61 Å². The molecule has 3 fully saturated rings. The molecule has 0 bridgehead atoms. The number of carbonyl (C=O) groups is 3. The van der Waals surface area contributed by atoms with Crippen molar-refractivity contribution in [2.24, 2.45) is 11.3 Å². The molecule has 3 heterocycles. The molecule has 176 valence electrons. The van der Waals surface area contributed by atoms with E-state index < -0.39 is 0 Å². The van der Waals surface area contributed by atoms with Gasteiger partial charge in [-0.1, -0.05) is 18.2 Å². The Kier molecular flexibility index (Phi) is 5.76. The topological polar surface area (TPSA) is 92.1 Å². The van der Waals surface area contributed by atoms with E-state index in [4.69, 9.17) is 9.15 Å². The van der Waals surface area contributed by atoms with E-state index in [0.717, 1.165) is 43.1 Å². The number of nitrogens with zero attached hydrogens (tertiary/aromatic N) is 2. The molecule has 5 rings (SSSR count). The van der Waals surface area contributed by atoms with Crippen molar-refractivity contribution in [2.75, 3.05) is 32.8 Å². The molecule has 33 heavy (non-hydrogen) atoms. The van der Waals surface area contributed by atoms with Crippen LogP contribution in [0.25, 0.3) is 11.0 Å². The maximum absolute atomic E-state index is 12.9. The van der Waals surface area contributed by atoms with Crippen LogP contribution in [0, 0.1) is 11.3 Å². The largest absolute Gasteiger partial charge is 0.451 e. The molecule has 2 saturated heterocycles. The summed E-state index contributed by atoms with van der Waals surface area (Å²) in [6.45, 7) is 4.70. The fourth-order valence-corrected chi connectivity index (χ4v) is 5.39. The summed E-state index contributed by atoms with van der Waals surface area (Å²) in [7, 11) is 0. The standard InChI is InChI=1S/C25H31N3O5/c1-2-32-24(31)28-11-7-18(8-12-28)26-22(29)19-16-25(19)9-13-27(14-10-25)23(30)21-15-17-5-3-4-6-20(17)33-21/h3-6,15,18-19H,2,7-14,16H2,1H3,(H,26,29)/t19-/m1/s1. The van der Waals surface area contributed by atoms with E-state index in [1.807, 2.05) is 35.2 Å². The number of benzene rings is 1. The molecule has 2 aliphatic heterocycles. The van der Waals surface area contributed by atoms with Gasteiger partial charge in [0.25, 0.3) is 5.91 Å². The SMILES string of the molecule is CCOC(=O)N1CCC(NC(=O)[C@H]2CC23CCN(C(=O)c2cc4ccccc4o2)CC3)CC1. The van der Waals surface area contributed by atoms with E-state index in [0.29, 0.717) is 38.5 Å². The van der Waals surface area contributed by atoms with Crippen molar-refractivity contribution in [3.8, 4) is 0 Å². The maximum atomic E-state index is 12.9. The van der Waals surface area contributed by atoms with Crippen molar-refractivity contribution in [2.45, 2.75) is 45.1 Å².